The van der Waals surface area contributed by atoms with Crippen LogP contribution in [0.15, 0.2) is 73.4 Å². The van der Waals surface area contributed by atoms with Crippen LogP contribution in [0.2, 0.25) is 0 Å². The standard InChI is InChI=1S/C18H14N4/c1-3-15(19-7-1)13-5-9-21-17(11-13)18-12-14(6-10-22-18)16-4-2-8-20-16/h1-12,19-20H/p+2. The van der Waals surface area contributed by atoms with Crippen LogP contribution in [-0.4, -0.2) is 9.97 Å². The highest BCUT2D eigenvalue weighted by molar-refractivity contribution is 5.69. The van der Waals surface area contributed by atoms with Crippen molar-refractivity contribution in [3.05, 3.63) is 84.5 Å². The van der Waals surface area contributed by atoms with Gasteiger partial charge in [0.25, 0.3) is 0 Å². The Kier molecular flexibility index (Phi) is 3.23. The molecule has 0 unspecified atom stereocenters. The van der Waals surface area contributed by atoms with Crippen molar-refractivity contribution >= 4 is 11.4 Å². The fourth-order valence-electron chi connectivity index (χ4n) is 2.63. The lowest BCUT2D eigenvalue weighted by molar-refractivity contribution is -0.483. The maximum atomic E-state index is 4.48. The smallest absolute Gasteiger partial charge is 0.141 e. The van der Waals surface area contributed by atoms with Crippen molar-refractivity contribution in [2.45, 2.75) is 0 Å². The molecular formula is C18H16N4+2. The van der Waals surface area contributed by atoms with Gasteiger partial charge in [-0.05, 0) is 36.4 Å². The first-order chi connectivity index (χ1) is 10.9. The number of rotatable bonds is 3. The van der Waals surface area contributed by atoms with Crippen molar-refractivity contribution in [3.63, 3.8) is 0 Å². The van der Waals surface area contributed by atoms with Gasteiger partial charge in [-0.3, -0.25) is 20.6 Å². The van der Waals surface area contributed by atoms with Crippen LogP contribution >= 0.6 is 0 Å². The summed E-state index contributed by atoms with van der Waals surface area (Å²) >= 11 is 0. The lowest BCUT2D eigenvalue weighted by Gasteiger charge is -2.05. The van der Waals surface area contributed by atoms with E-state index in [-0.39, 0.29) is 0 Å². The topological polar surface area (TPSA) is 59.0 Å². The first-order valence-electron chi connectivity index (χ1n) is 7.27. The molecular weight excluding hydrogens is 272 g/mol. The summed E-state index contributed by atoms with van der Waals surface area (Å²) in [6, 6.07) is 8.23. The average molecular weight is 288 g/mol. The second-order valence-electron chi connectivity index (χ2n) is 5.21. The summed E-state index contributed by atoms with van der Waals surface area (Å²) in [7, 11) is 0. The van der Waals surface area contributed by atoms with Gasteiger partial charge >= 0.3 is 0 Å². The van der Waals surface area contributed by atoms with Crippen LogP contribution in [0.5, 0.6) is 0 Å². The van der Waals surface area contributed by atoms with Crippen LogP contribution in [-0.2, 0) is 0 Å². The molecule has 2 aliphatic heterocycles. The van der Waals surface area contributed by atoms with E-state index in [0.717, 1.165) is 22.5 Å². The third-order valence-corrected chi connectivity index (χ3v) is 3.77. The zero-order valence-electron chi connectivity index (χ0n) is 12.0. The Morgan fingerprint density at radius 2 is 1.18 bits per heavy atom. The van der Waals surface area contributed by atoms with Gasteiger partial charge in [0.05, 0.1) is 23.8 Å². The Labute approximate surface area is 128 Å². The Bertz CT molecular complexity index is 772. The van der Waals surface area contributed by atoms with Gasteiger partial charge in [0, 0.05) is 35.7 Å². The number of aromatic nitrogens is 2. The minimum absolute atomic E-state index is 0.895. The Hall–Kier alpha value is -2.82. The summed E-state index contributed by atoms with van der Waals surface area (Å²) in [5.41, 5.74) is 6.52. The molecule has 0 atom stereocenters. The van der Waals surface area contributed by atoms with Gasteiger partial charge in [0.1, 0.15) is 11.4 Å². The van der Waals surface area contributed by atoms with Crippen LogP contribution in [0.1, 0.15) is 11.1 Å². The summed E-state index contributed by atoms with van der Waals surface area (Å²) in [5.74, 6) is 0. The van der Waals surface area contributed by atoms with Crippen molar-refractivity contribution in [3.8, 4) is 11.4 Å². The monoisotopic (exact) mass is 288 g/mol. The van der Waals surface area contributed by atoms with Crippen LogP contribution in [0.4, 0.5) is 0 Å². The first-order valence-corrected chi connectivity index (χ1v) is 7.27. The Morgan fingerprint density at radius 3 is 1.59 bits per heavy atom. The predicted molar refractivity (Wildman–Crippen MR) is 85.6 cm³/mol. The molecule has 0 amide bonds. The van der Waals surface area contributed by atoms with Gasteiger partial charge in [-0.2, -0.15) is 0 Å². The number of nitrogens with zero attached hydrogens (tertiary/aromatic N) is 2. The number of hydrogen-bond donors (Lipinski definition) is 2. The lowest BCUT2D eigenvalue weighted by atomic mass is 10.1. The third kappa shape index (κ3) is 2.41. The number of hydrogen-bond acceptors (Lipinski definition) is 2. The molecule has 4 heterocycles. The summed E-state index contributed by atoms with van der Waals surface area (Å²) in [6.45, 7) is 0. The molecule has 0 radical (unpaired) electrons. The zero-order valence-corrected chi connectivity index (χ0v) is 12.0. The predicted octanol–water partition coefficient (Wildman–Crippen LogP) is 1.01. The van der Waals surface area contributed by atoms with Crippen molar-refractivity contribution in [1.29, 1.82) is 0 Å². The zero-order chi connectivity index (χ0) is 14.8. The molecule has 0 saturated heterocycles. The molecule has 0 spiro atoms. The lowest BCUT2D eigenvalue weighted by Crippen LogP contribution is -2.72. The first kappa shape index (κ1) is 12.9. The van der Waals surface area contributed by atoms with Gasteiger partial charge in [0.15, 0.2) is 0 Å². The van der Waals surface area contributed by atoms with E-state index in [2.05, 4.69) is 44.9 Å². The summed E-state index contributed by atoms with van der Waals surface area (Å²) in [5, 5.41) is 4.21. The number of quaternary nitrogens is 2. The second kappa shape index (κ2) is 5.52. The van der Waals surface area contributed by atoms with Gasteiger partial charge in [0.2, 0.25) is 0 Å². The van der Waals surface area contributed by atoms with Crippen molar-refractivity contribution in [2.75, 3.05) is 0 Å². The number of nitrogens with two attached hydrogens (primary N) is 2. The van der Waals surface area contributed by atoms with Gasteiger partial charge in [-0.25, -0.2) is 0 Å². The fourth-order valence-corrected chi connectivity index (χ4v) is 2.63. The van der Waals surface area contributed by atoms with E-state index in [9.17, 15) is 0 Å². The molecule has 4 nitrogen and oxygen atoms in total. The SMILES string of the molecule is C1=C[NH2+]C(c2ccnc(-c3cc(C4=CC=C[NH2+]4)ccn3)c2)=C1. The van der Waals surface area contributed by atoms with E-state index >= 15 is 0 Å². The minimum atomic E-state index is 0.895. The molecule has 4 rings (SSSR count). The Balaban J connectivity index is 1.70. The van der Waals surface area contributed by atoms with E-state index in [0.29, 0.717) is 0 Å². The van der Waals surface area contributed by atoms with Crippen LogP contribution < -0.4 is 10.6 Å². The molecule has 2 aromatic heterocycles. The molecule has 0 fully saturated rings. The molecule has 2 aliphatic rings. The second-order valence-corrected chi connectivity index (χ2v) is 5.21. The molecule has 0 aromatic carbocycles. The van der Waals surface area contributed by atoms with E-state index in [1.165, 1.54) is 11.4 Å². The van der Waals surface area contributed by atoms with Crippen LogP contribution in [0, 0.1) is 0 Å². The molecule has 4 heteroatoms. The molecule has 4 N–H and O–H groups in total. The summed E-state index contributed by atoms with van der Waals surface area (Å²) in [6.07, 6.45) is 16.1. The highest BCUT2D eigenvalue weighted by Gasteiger charge is 2.12. The van der Waals surface area contributed by atoms with Crippen molar-refractivity contribution < 1.29 is 10.6 Å². The van der Waals surface area contributed by atoms with Crippen molar-refractivity contribution in [2.24, 2.45) is 0 Å². The number of allylic oxidation sites excluding steroid dienone is 4. The summed E-state index contributed by atoms with van der Waals surface area (Å²) in [4.78, 5) is 8.96. The minimum Gasteiger partial charge on any atom is -0.287 e. The molecule has 106 valence electrons. The van der Waals surface area contributed by atoms with Gasteiger partial charge in [-0.1, -0.05) is 0 Å². The normalized spacial score (nSPS) is 16.0. The molecule has 2 aromatic rings. The fraction of sp³-hybridized carbons (Fsp3) is 0. The van der Waals surface area contributed by atoms with Crippen molar-refractivity contribution in [1.82, 2.24) is 9.97 Å². The van der Waals surface area contributed by atoms with E-state index < -0.39 is 0 Å². The highest BCUT2D eigenvalue weighted by Crippen LogP contribution is 2.21. The molecule has 0 bridgehead atoms. The third-order valence-electron chi connectivity index (χ3n) is 3.77. The molecule has 0 saturated carbocycles. The van der Waals surface area contributed by atoms with E-state index in [4.69, 9.17) is 0 Å². The molecule has 22 heavy (non-hydrogen) atoms. The summed E-state index contributed by atoms with van der Waals surface area (Å²) < 4.78 is 0. The van der Waals surface area contributed by atoms with Gasteiger partial charge in [-0.15, -0.1) is 0 Å². The largest absolute Gasteiger partial charge is 0.287 e. The average Bonchev–Trinajstić information content (AvgIpc) is 3.29. The quantitative estimate of drug-likeness (QED) is 0.885. The molecule has 0 aliphatic carbocycles. The van der Waals surface area contributed by atoms with E-state index in [1.54, 1.807) is 0 Å². The van der Waals surface area contributed by atoms with E-state index in [1.807, 2.05) is 49.1 Å². The number of pyridine rings is 2. The maximum Gasteiger partial charge on any atom is 0.141 e. The highest BCUT2D eigenvalue weighted by atomic mass is 14.9. The van der Waals surface area contributed by atoms with Gasteiger partial charge < -0.3 is 0 Å². The Morgan fingerprint density at radius 1 is 0.682 bits per heavy atom. The van der Waals surface area contributed by atoms with Crippen LogP contribution in [0.3, 0.4) is 0 Å². The maximum absolute atomic E-state index is 4.48. The van der Waals surface area contributed by atoms with Crippen LogP contribution in [0.25, 0.3) is 22.8 Å².